The maximum absolute atomic E-state index is 13.4. The topological polar surface area (TPSA) is 39.1 Å². The van der Waals surface area contributed by atoms with Gasteiger partial charge in [-0.15, -0.1) is 0 Å². The summed E-state index contributed by atoms with van der Waals surface area (Å²) >= 11 is 0. The summed E-state index contributed by atoms with van der Waals surface area (Å²) in [4.78, 5) is 2.03. The van der Waals surface area contributed by atoms with Gasteiger partial charge in [-0.05, 0) is 29.8 Å². The van der Waals surface area contributed by atoms with Gasteiger partial charge in [0.2, 0.25) is 0 Å². The van der Waals surface area contributed by atoms with E-state index in [1.54, 1.807) is 12.1 Å². The van der Waals surface area contributed by atoms with Crippen LogP contribution in [0, 0.1) is 17.1 Å². The van der Waals surface area contributed by atoms with Gasteiger partial charge < -0.3 is 10.2 Å². The number of nitriles is 1. The van der Waals surface area contributed by atoms with Gasteiger partial charge in [-0.2, -0.15) is 5.26 Å². The quantitative estimate of drug-likeness (QED) is 0.924. The molecular weight excluding hydrogens is 253 g/mol. The minimum atomic E-state index is -0.500. The average Bonchev–Trinajstić information content (AvgIpc) is 2.45. The van der Waals surface area contributed by atoms with Crippen LogP contribution in [0.25, 0.3) is 0 Å². The molecule has 4 heteroatoms. The van der Waals surface area contributed by atoms with E-state index in [0.717, 1.165) is 11.3 Å². The predicted molar refractivity (Wildman–Crippen MR) is 79.2 cm³/mol. The summed E-state index contributed by atoms with van der Waals surface area (Å²) in [5.41, 5.74) is 2.77. The summed E-state index contributed by atoms with van der Waals surface area (Å²) in [6.07, 6.45) is 0. The molecule has 0 radical (unpaired) electrons. The van der Waals surface area contributed by atoms with Crippen LogP contribution in [0.5, 0.6) is 0 Å². The number of hydrogen-bond acceptors (Lipinski definition) is 3. The normalized spacial score (nSPS) is 9.90. The van der Waals surface area contributed by atoms with E-state index >= 15 is 0 Å². The Morgan fingerprint density at radius 3 is 2.45 bits per heavy atom. The zero-order chi connectivity index (χ0) is 14.5. The molecule has 2 aromatic rings. The van der Waals surface area contributed by atoms with Crippen LogP contribution in [0.2, 0.25) is 0 Å². The highest BCUT2D eigenvalue weighted by atomic mass is 19.1. The van der Waals surface area contributed by atoms with Gasteiger partial charge in [0.15, 0.2) is 0 Å². The second-order valence-corrected chi connectivity index (χ2v) is 4.69. The van der Waals surface area contributed by atoms with Gasteiger partial charge in [0, 0.05) is 26.3 Å². The lowest BCUT2D eigenvalue weighted by Crippen LogP contribution is -2.08. The molecule has 1 N–H and O–H groups in total. The van der Waals surface area contributed by atoms with Crippen molar-refractivity contribution in [3.8, 4) is 6.07 Å². The third-order valence-electron chi connectivity index (χ3n) is 3.06. The summed E-state index contributed by atoms with van der Waals surface area (Å²) in [6.45, 7) is 0.547. The molecule has 0 spiro atoms. The second-order valence-electron chi connectivity index (χ2n) is 4.69. The summed E-state index contributed by atoms with van der Waals surface area (Å²) in [5.74, 6) is -0.500. The predicted octanol–water partition coefficient (Wildman–Crippen LogP) is 3.38. The molecule has 0 atom stereocenters. The van der Waals surface area contributed by atoms with Crippen LogP contribution in [0.3, 0.4) is 0 Å². The molecule has 2 rings (SSSR count). The molecule has 0 aromatic heterocycles. The molecule has 0 bridgehead atoms. The lowest BCUT2D eigenvalue weighted by atomic mass is 10.1. The van der Waals surface area contributed by atoms with Crippen LogP contribution in [0.15, 0.2) is 42.5 Å². The maximum atomic E-state index is 13.4. The van der Waals surface area contributed by atoms with Gasteiger partial charge in [-0.3, -0.25) is 0 Å². The molecule has 20 heavy (non-hydrogen) atoms. The van der Waals surface area contributed by atoms with Crippen LogP contribution in [0.4, 0.5) is 15.8 Å². The molecule has 0 amide bonds. The van der Waals surface area contributed by atoms with Crippen LogP contribution < -0.4 is 10.2 Å². The zero-order valence-electron chi connectivity index (χ0n) is 11.5. The van der Waals surface area contributed by atoms with Gasteiger partial charge >= 0.3 is 0 Å². The van der Waals surface area contributed by atoms with Gasteiger partial charge in [0.25, 0.3) is 0 Å². The first-order valence-electron chi connectivity index (χ1n) is 6.30. The maximum Gasteiger partial charge on any atom is 0.143 e. The minimum absolute atomic E-state index is 0.0532. The lowest BCUT2D eigenvalue weighted by molar-refractivity contribution is 0.624. The highest BCUT2D eigenvalue weighted by Gasteiger charge is 2.07. The molecule has 0 aliphatic carbocycles. The van der Waals surface area contributed by atoms with E-state index in [9.17, 15) is 4.39 Å². The fourth-order valence-corrected chi connectivity index (χ4v) is 1.89. The van der Waals surface area contributed by atoms with Gasteiger partial charge in [0.1, 0.15) is 17.4 Å². The highest BCUT2D eigenvalue weighted by molar-refractivity contribution is 5.58. The SMILES string of the molecule is CN(C)c1ccc(CNc2cccc(F)c2C#N)cc1. The number of nitrogens with one attached hydrogen (secondary N) is 1. The van der Waals surface area contributed by atoms with E-state index in [1.807, 2.05) is 49.3 Å². The number of nitrogens with zero attached hydrogens (tertiary/aromatic N) is 2. The number of rotatable bonds is 4. The van der Waals surface area contributed by atoms with Gasteiger partial charge in [-0.1, -0.05) is 18.2 Å². The van der Waals surface area contributed by atoms with Crippen molar-refractivity contribution >= 4 is 11.4 Å². The van der Waals surface area contributed by atoms with Gasteiger partial charge in [-0.25, -0.2) is 4.39 Å². The first-order valence-corrected chi connectivity index (χ1v) is 6.30. The Kier molecular flexibility index (Phi) is 4.21. The monoisotopic (exact) mass is 269 g/mol. The van der Waals surface area contributed by atoms with Crippen molar-refractivity contribution in [2.45, 2.75) is 6.54 Å². The highest BCUT2D eigenvalue weighted by Crippen LogP contribution is 2.19. The second kappa shape index (κ2) is 6.07. The average molecular weight is 269 g/mol. The van der Waals surface area contributed by atoms with Crippen molar-refractivity contribution in [1.82, 2.24) is 0 Å². The number of benzene rings is 2. The fourth-order valence-electron chi connectivity index (χ4n) is 1.89. The van der Waals surface area contributed by atoms with E-state index in [1.165, 1.54) is 6.07 Å². The Labute approximate surface area is 118 Å². The molecule has 0 heterocycles. The summed E-state index contributed by atoms with van der Waals surface area (Å²) < 4.78 is 13.4. The molecule has 0 aliphatic rings. The van der Waals surface area contributed by atoms with Crippen molar-refractivity contribution in [2.24, 2.45) is 0 Å². The molecule has 102 valence electrons. The summed E-state index contributed by atoms with van der Waals surface area (Å²) in [7, 11) is 3.97. The van der Waals surface area contributed by atoms with E-state index in [-0.39, 0.29) is 5.56 Å². The smallest absolute Gasteiger partial charge is 0.143 e. The van der Waals surface area contributed by atoms with Crippen LogP contribution in [-0.4, -0.2) is 14.1 Å². The van der Waals surface area contributed by atoms with Crippen molar-refractivity contribution in [3.05, 3.63) is 59.4 Å². The Bertz CT molecular complexity index is 627. The van der Waals surface area contributed by atoms with Crippen LogP contribution >= 0.6 is 0 Å². The van der Waals surface area contributed by atoms with E-state index in [4.69, 9.17) is 5.26 Å². The molecule has 3 nitrogen and oxygen atoms in total. The first kappa shape index (κ1) is 13.9. The Hall–Kier alpha value is -2.54. The van der Waals surface area contributed by atoms with Crippen LogP contribution in [0.1, 0.15) is 11.1 Å². The van der Waals surface area contributed by atoms with Crippen molar-refractivity contribution < 1.29 is 4.39 Å². The standard InChI is InChI=1S/C16H16FN3/c1-20(2)13-8-6-12(7-9-13)11-19-16-5-3-4-15(17)14(16)10-18/h3-9,19H,11H2,1-2H3. The zero-order valence-corrected chi connectivity index (χ0v) is 11.5. The molecular formula is C16H16FN3. The Morgan fingerprint density at radius 1 is 1.15 bits per heavy atom. The lowest BCUT2D eigenvalue weighted by Gasteiger charge is -2.13. The Balaban J connectivity index is 2.09. The molecule has 2 aromatic carbocycles. The van der Waals surface area contributed by atoms with E-state index in [2.05, 4.69) is 5.32 Å². The summed E-state index contributed by atoms with van der Waals surface area (Å²) in [5, 5.41) is 12.1. The van der Waals surface area contributed by atoms with E-state index in [0.29, 0.717) is 12.2 Å². The Morgan fingerprint density at radius 2 is 1.85 bits per heavy atom. The van der Waals surface area contributed by atoms with Crippen LogP contribution in [-0.2, 0) is 6.54 Å². The fraction of sp³-hybridized carbons (Fsp3) is 0.188. The van der Waals surface area contributed by atoms with Crippen molar-refractivity contribution in [2.75, 3.05) is 24.3 Å². The largest absolute Gasteiger partial charge is 0.380 e. The molecule has 0 saturated heterocycles. The van der Waals surface area contributed by atoms with Crippen molar-refractivity contribution in [1.29, 1.82) is 5.26 Å². The molecule has 0 aliphatic heterocycles. The molecule has 0 fully saturated rings. The third kappa shape index (κ3) is 3.07. The minimum Gasteiger partial charge on any atom is -0.380 e. The molecule has 0 saturated carbocycles. The third-order valence-corrected chi connectivity index (χ3v) is 3.06. The van der Waals surface area contributed by atoms with Crippen molar-refractivity contribution in [3.63, 3.8) is 0 Å². The first-order chi connectivity index (χ1) is 9.61. The van der Waals surface area contributed by atoms with E-state index < -0.39 is 5.82 Å². The van der Waals surface area contributed by atoms with Gasteiger partial charge in [0.05, 0.1) is 5.69 Å². The number of anilines is 2. The molecule has 0 unspecified atom stereocenters. The number of halogens is 1. The summed E-state index contributed by atoms with van der Waals surface area (Å²) in [6, 6.07) is 14.5. The number of hydrogen-bond donors (Lipinski definition) is 1.